The molecule has 0 bridgehead atoms. The van der Waals surface area contributed by atoms with E-state index in [-0.39, 0.29) is 13.0 Å². The van der Waals surface area contributed by atoms with Crippen LogP contribution in [0.2, 0.25) is 0 Å². The topological polar surface area (TPSA) is 29.5 Å². The molecule has 1 N–H and O–H groups in total. The molecule has 0 aromatic carbocycles. The molecule has 0 rings (SSSR count). The zero-order valence-electron chi connectivity index (χ0n) is 4.22. The van der Waals surface area contributed by atoms with Crippen LogP contribution in [0.3, 0.4) is 0 Å². The molecular formula is C4H9FO2. The lowest BCUT2D eigenvalue weighted by Gasteiger charge is -1.96. The van der Waals surface area contributed by atoms with Crippen molar-refractivity contribution in [1.29, 1.82) is 0 Å². The highest BCUT2D eigenvalue weighted by atomic mass is 19.1. The first-order valence-corrected chi connectivity index (χ1v) is 2.08. The summed E-state index contributed by atoms with van der Waals surface area (Å²) in [5.41, 5.74) is 0. The summed E-state index contributed by atoms with van der Waals surface area (Å²) in [6.07, 6.45) is -1.66. The van der Waals surface area contributed by atoms with Crippen molar-refractivity contribution in [1.82, 2.24) is 0 Å². The molecule has 1 atom stereocenters. The van der Waals surface area contributed by atoms with E-state index in [0.717, 1.165) is 0 Å². The summed E-state index contributed by atoms with van der Waals surface area (Å²) >= 11 is 0. The molecule has 7 heavy (non-hydrogen) atoms. The van der Waals surface area contributed by atoms with Gasteiger partial charge in [-0.2, -0.15) is 0 Å². The fraction of sp³-hybridized carbons (Fsp3) is 1.00. The third-order valence-electron chi connectivity index (χ3n) is 0.560. The molecule has 2 nitrogen and oxygen atoms in total. The molecule has 3 heteroatoms. The molecule has 0 amide bonds. The maximum absolute atomic E-state index is 11.4. The molecule has 0 aliphatic rings. The van der Waals surface area contributed by atoms with Crippen LogP contribution in [0.1, 0.15) is 6.42 Å². The maximum atomic E-state index is 11.4. The lowest BCUT2D eigenvalue weighted by atomic mass is 10.5. The fourth-order valence-electron chi connectivity index (χ4n) is 0.215. The zero-order chi connectivity index (χ0) is 5.70. The van der Waals surface area contributed by atoms with Crippen LogP contribution in [0.4, 0.5) is 4.39 Å². The summed E-state index contributed by atoms with van der Waals surface area (Å²) in [4.78, 5) is 0. The number of ether oxygens (including phenoxy) is 1. The number of hydrogen-bond donors (Lipinski definition) is 1. The molecule has 1 unspecified atom stereocenters. The molecule has 0 radical (unpaired) electrons. The molecule has 0 saturated heterocycles. The molecule has 44 valence electrons. The van der Waals surface area contributed by atoms with Crippen LogP contribution in [0.25, 0.3) is 0 Å². The first kappa shape index (κ1) is 6.85. The fourth-order valence-corrected chi connectivity index (χ4v) is 0.215. The van der Waals surface area contributed by atoms with Crippen molar-refractivity contribution in [2.45, 2.75) is 12.8 Å². The van der Waals surface area contributed by atoms with Crippen LogP contribution < -0.4 is 0 Å². The van der Waals surface area contributed by atoms with E-state index in [2.05, 4.69) is 4.74 Å². The van der Waals surface area contributed by atoms with E-state index in [1.807, 2.05) is 0 Å². The number of hydrogen-bond acceptors (Lipinski definition) is 2. The smallest absolute Gasteiger partial charge is 0.198 e. The van der Waals surface area contributed by atoms with Gasteiger partial charge in [0.1, 0.15) is 0 Å². The van der Waals surface area contributed by atoms with E-state index in [9.17, 15) is 4.39 Å². The van der Waals surface area contributed by atoms with E-state index >= 15 is 0 Å². The van der Waals surface area contributed by atoms with Gasteiger partial charge in [0, 0.05) is 13.5 Å². The number of rotatable bonds is 3. The summed E-state index contributed by atoms with van der Waals surface area (Å²) in [5, 5.41) is 7.94. The first-order chi connectivity index (χ1) is 3.27. The molecule has 0 aromatic rings. The highest BCUT2D eigenvalue weighted by Gasteiger charge is 1.95. The molecule has 0 aromatic heterocycles. The second kappa shape index (κ2) is 4.02. The predicted molar refractivity (Wildman–Crippen MR) is 23.6 cm³/mol. The zero-order valence-corrected chi connectivity index (χ0v) is 4.22. The van der Waals surface area contributed by atoms with Crippen LogP contribution in [0.15, 0.2) is 0 Å². The Kier molecular flexibility index (Phi) is 3.93. The van der Waals surface area contributed by atoms with E-state index in [1.54, 1.807) is 0 Å². The van der Waals surface area contributed by atoms with Gasteiger partial charge in [-0.15, -0.1) is 0 Å². The monoisotopic (exact) mass is 108 g/mol. The summed E-state index contributed by atoms with van der Waals surface area (Å²) in [6.45, 7) is 0.275. The number of aliphatic hydroxyl groups excluding tert-OH is 1. The SMILES string of the molecule is COCCC(O)F. The third kappa shape index (κ3) is 5.85. The van der Waals surface area contributed by atoms with Crippen molar-refractivity contribution in [2.75, 3.05) is 13.7 Å². The van der Waals surface area contributed by atoms with Crippen LogP contribution >= 0.6 is 0 Å². The molecule has 0 spiro atoms. The lowest BCUT2D eigenvalue weighted by molar-refractivity contribution is 0.0131. The highest BCUT2D eigenvalue weighted by Crippen LogP contribution is 1.89. The van der Waals surface area contributed by atoms with Crippen molar-refractivity contribution < 1.29 is 14.2 Å². The maximum Gasteiger partial charge on any atom is 0.198 e. The molecule has 0 aliphatic carbocycles. The summed E-state index contributed by atoms with van der Waals surface area (Å²) in [7, 11) is 1.46. The average Bonchev–Trinajstić information content (AvgIpc) is 1.61. The number of methoxy groups -OCH3 is 1. The van der Waals surface area contributed by atoms with Gasteiger partial charge in [0.25, 0.3) is 0 Å². The van der Waals surface area contributed by atoms with Gasteiger partial charge < -0.3 is 9.84 Å². The van der Waals surface area contributed by atoms with E-state index < -0.39 is 6.36 Å². The number of aliphatic hydroxyl groups is 1. The van der Waals surface area contributed by atoms with Crippen molar-refractivity contribution in [3.05, 3.63) is 0 Å². The van der Waals surface area contributed by atoms with Gasteiger partial charge >= 0.3 is 0 Å². The van der Waals surface area contributed by atoms with Gasteiger partial charge in [0.05, 0.1) is 6.61 Å². The lowest BCUT2D eigenvalue weighted by Crippen LogP contribution is -2.01. The van der Waals surface area contributed by atoms with Gasteiger partial charge in [-0.25, -0.2) is 4.39 Å². The van der Waals surface area contributed by atoms with E-state index in [0.29, 0.717) is 0 Å². The van der Waals surface area contributed by atoms with Crippen molar-refractivity contribution in [3.8, 4) is 0 Å². The predicted octanol–water partition coefficient (Wildman–Crippen LogP) is 0.311. The quantitative estimate of drug-likeness (QED) is 0.563. The minimum Gasteiger partial charge on any atom is -0.384 e. The Morgan fingerprint density at radius 3 is 2.57 bits per heavy atom. The van der Waals surface area contributed by atoms with Crippen molar-refractivity contribution >= 4 is 0 Å². The average molecular weight is 108 g/mol. The van der Waals surface area contributed by atoms with Crippen molar-refractivity contribution in [2.24, 2.45) is 0 Å². The minimum atomic E-state index is -1.72. The van der Waals surface area contributed by atoms with E-state index in [1.165, 1.54) is 7.11 Å². The Morgan fingerprint density at radius 1 is 1.86 bits per heavy atom. The summed E-state index contributed by atoms with van der Waals surface area (Å²) in [5.74, 6) is 0. The number of alkyl halides is 1. The molecular weight excluding hydrogens is 99.0 g/mol. The Morgan fingerprint density at radius 2 is 2.43 bits per heavy atom. The van der Waals surface area contributed by atoms with E-state index in [4.69, 9.17) is 5.11 Å². The highest BCUT2D eigenvalue weighted by molar-refractivity contribution is 4.33. The molecule has 0 heterocycles. The molecule has 0 aliphatic heterocycles. The molecule has 0 fully saturated rings. The first-order valence-electron chi connectivity index (χ1n) is 2.08. The Balaban J connectivity index is 2.68. The van der Waals surface area contributed by atoms with Crippen LogP contribution in [-0.4, -0.2) is 25.2 Å². The van der Waals surface area contributed by atoms with Gasteiger partial charge in [-0.05, 0) is 0 Å². The largest absolute Gasteiger partial charge is 0.384 e. The van der Waals surface area contributed by atoms with Crippen LogP contribution in [0, 0.1) is 0 Å². The minimum absolute atomic E-state index is 0.0660. The summed E-state index contributed by atoms with van der Waals surface area (Å²) < 4.78 is 15.8. The van der Waals surface area contributed by atoms with Gasteiger partial charge in [-0.1, -0.05) is 0 Å². The second-order valence-electron chi connectivity index (χ2n) is 1.22. The molecule has 0 saturated carbocycles. The van der Waals surface area contributed by atoms with Gasteiger partial charge in [-0.3, -0.25) is 0 Å². The Bertz CT molecular complexity index is 38.7. The second-order valence-corrected chi connectivity index (χ2v) is 1.22. The van der Waals surface area contributed by atoms with Gasteiger partial charge in [0.15, 0.2) is 6.36 Å². The third-order valence-corrected chi connectivity index (χ3v) is 0.560. The standard InChI is InChI=1S/C4H9FO2/c1-7-3-2-4(5)6/h4,6H,2-3H2,1H3. The van der Waals surface area contributed by atoms with Gasteiger partial charge in [0.2, 0.25) is 0 Å². The Labute approximate surface area is 41.9 Å². The van der Waals surface area contributed by atoms with Crippen molar-refractivity contribution in [3.63, 3.8) is 0 Å². The Hall–Kier alpha value is -0.150. The number of halogens is 1. The van der Waals surface area contributed by atoms with Crippen LogP contribution in [-0.2, 0) is 4.74 Å². The normalized spacial score (nSPS) is 14.1. The summed E-state index contributed by atoms with van der Waals surface area (Å²) in [6, 6.07) is 0. The van der Waals surface area contributed by atoms with Crippen LogP contribution in [0.5, 0.6) is 0 Å².